The van der Waals surface area contributed by atoms with Crippen LogP contribution in [0.25, 0.3) is 155 Å². The third kappa shape index (κ3) is 10.3. The molecule has 8 heterocycles. The third-order valence-corrected chi connectivity index (χ3v) is 16.4. The second-order valence-electron chi connectivity index (χ2n) is 21.6. The van der Waals surface area contributed by atoms with E-state index in [0.717, 1.165) is 105 Å². The molecule has 0 bridgehead atoms. The van der Waals surface area contributed by atoms with E-state index in [1.807, 2.05) is 135 Å². The van der Waals surface area contributed by atoms with Gasteiger partial charge in [-0.2, -0.15) is 0 Å². The maximum absolute atomic E-state index is 5.03. The molecule has 8 aromatic carbocycles. The van der Waals surface area contributed by atoms with Gasteiger partial charge in [-0.3, -0.25) is 39.9 Å². The zero-order valence-electron chi connectivity index (χ0n) is 47.6. The first-order valence-electron chi connectivity index (χ1n) is 29.2. The summed E-state index contributed by atoms with van der Waals surface area (Å²) in [5, 5.41) is 9.25. The lowest BCUT2D eigenvalue weighted by molar-refractivity contribution is 1.30. The minimum Gasteiger partial charge on any atom is -0.265 e. The molecular formula is C80H52N8. The highest BCUT2D eigenvalue weighted by atomic mass is 14.7. The van der Waals surface area contributed by atoms with E-state index in [-0.39, 0.29) is 0 Å². The summed E-state index contributed by atoms with van der Waals surface area (Å²) in [4.78, 5) is 36.2. The van der Waals surface area contributed by atoms with Gasteiger partial charge in [0.15, 0.2) is 0 Å². The summed E-state index contributed by atoms with van der Waals surface area (Å²) in [5.74, 6) is 0. The normalized spacial score (nSPS) is 11.2. The first-order valence-corrected chi connectivity index (χ1v) is 29.2. The smallest absolute Gasteiger partial charge is 0.0714 e. The molecule has 16 aromatic rings. The van der Waals surface area contributed by atoms with E-state index in [1.54, 1.807) is 0 Å². The van der Waals surface area contributed by atoms with Crippen molar-refractivity contribution in [2.24, 2.45) is 0 Å². The molecule has 0 amide bonds. The number of rotatable bonds is 10. The Morgan fingerprint density at radius 1 is 0.159 bits per heavy atom. The second-order valence-corrected chi connectivity index (χ2v) is 21.6. The number of hydrogen-bond acceptors (Lipinski definition) is 8. The molecular weight excluding hydrogens is 1070 g/mol. The predicted octanol–water partition coefficient (Wildman–Crippen LogP) is 19.8. The monoisotopic (exact) mass is 1120 g/mol. The predicted molar refractivity (Wildman–Crippen MR) is 360 cm³/mol. The van der Waals surface area contributed by atoms with Gasteiger partial charge in [-0.15, -0.1) is 0 Å². The van der Waals surface area contributed by atoms with Crippen molar-refractivity contribution in [1.82, 2.24) is 39.9 Å². The number of hydrogen-bond donors (Lipinski definition) is 0. The summed E-state index contributed by atoms with van der Waals surface area (Å²) in [5.41, 5.74) is 21.9. The first kappa shape index (κ1) is 52.8. The van der Waals surface area contributed by atoms with E-state index < -0.39 is 0 Å². The fraction of sp³-hybridized carbons (Fsp3) is 0. The Balaban J connectivity index is 0.000000148. The van der Waals surface area contributed by atoms with Crippen LogP contribution >= 0.6 is 0 Å². The number of pyridine rings is 8. The van der Waals surface area contributed by atoms with Gasteiger partial charge in [0, 0.05) is 131 Å². The molecule has 0 atom stereocenters. The van der Waals surface area contributed by atoms with Gasteiger partial charge in [-0.05, 0) is 184 Å². The molecule has 0 saturated heterocycles. The zero-order valence-corrected chi connectivity index (χ0v) is 47.6. The van der Waals surface area contributed by atoms with Gasteiger partial charge in [0.25, 0.3) is 0 Å². The molecule has 0 unspecified atom stereocenters. The minimum absolute atomic E-state index is 0.932. The summed E-state index contributed by atoms with van der Waals surface area (Å²) in [6.45, 7) is 0. The van der Waals surface area contributed by atoms with Crippen LogP contribution < -0.4 is 0 Å². The molecule has 0 N–H and O–H groups in total. The Labute approximate surface area is 509 Å². The van der Waals surface area contributed by atoms with Crippen molar-refractivity contribution in [1.29, 1.82) is 0 Å². The maximum atomic E-state index is 5.03. The van der Waals surface area contributed by atoms with Crippen molar-refractivity contribution in [3.63, 3.8) is 0 Å². The molecule has 0 fully saturated rings. The highest BCUT2D eigenvalue weighted by Gasteiger charge is 2.22. The minimum atomic E-state index is 0.932. The SMILES string of the molecule is c1ccc(-c2ccc3c(-c4ccc(-c5ccncc5)cn4)c4ccccc4c(-c4ccc(-c5ccncc5)cn4)c3c2)cc1.c1ccc(-c2ccc3c(-c4cncc(-c5ccncc5)c4)c4ccccc4c(-c4cncc(-c5ccncc5)c4)c3c2)cc1. The Morgan fingerprint density at radius 2 is 0.455 bits per heavy atom. The van der Waals surface area contributed by atoms with Crippen LogP contribution in [-0.4, -0.2) is 39.9 Å². The molecule has 88 heavy (non-hydrogen) atoms. The van der Waals surface area contributed by atoms with Crippen LogP contribution in [0, 0.1) is 0 Å². The van der Waals surface area contributed by atoms with E-state index in [1.165, 1.54) is 49.4 Å². The van der Waals surface area contributed by atoms with E-state index in [2.05, 4.69) is 202 Å². The Bertz CT molecular complexity index is 5150. The van der Waals surface area contributed by atoms with Crippen molar-refractivity contribution in [2.45, 2.75) is 0 Å². The molecule has 0 aliphatic rings. The van der Waals surface area contributed by atoms with Gasteiger partial charge in [0.05, 0.1) is 11.4 Å². The van der Waals surface area contributed by atoms with Gasteiger partial charge in [0.1, 0.15) is 0 Å². The summed E-state index contributed by atoms with van der Waals surface area (Å²) in [7, 11) is 0. The van der Waals surface area contributed by atoms with Crippen LogP contribution in [0.4, 0.5) is 0 Å². The van der Waals surface area contributed by atoms with E-state index >= 15 is 0 Å². The number of aromatic nitrogens is 8. The Hall–Kier alpha value is -12.0. The lowest BCUT2D eigenvalue weighted by atomic mass is 9.85. The highest BCUT2D eigenvalue weighted by molar-refractivity contribution is 6.23. The van der Waals surface area contributed by atoms with E-state index in [0.29, 0.717) is 0 Å². The molecule has 8 heteroatoms. The van der Waals surface area contributed by atoms with Gasteiger partial charge in [0.2, 0.25) is 0 Å². The molecule has 0 aliphatic heterocycles. The van der Waals surface area contributed by atoms with E-state index in [9.17, 15) is 0 Å². The van der Waals surface area contributed by atoms with Gasteiger partial charge >= 0.3 is 0 Å². The summed E-state index contributed by atoms with van der Waals surface area (Å²) in [6.07, 6.45) is 26.2. The lowest BCUT2D eigenvalue weighted by Gasteiger charge is -2.19. The Kier molecular flexibility index (Phi) is 14.1. The third-order valence-electron chi connectivity index (χ3n) is 16.4. The number of fused-ring (bicyclic) bond motifs is 4. The topological polar surface area (TPSA) is 103 Å². The van der Waals surface area contributed by atoms with Gasteiger partial charge in [-0.1, -0.05) is 146 Å². The molecule has 412 valence electrons. The fourth-order valence-corrected chi connectivity index (χ4v) is 12.2. The van der Waals surface area contributed by atoms with Crippen molar-refractivity contribution >= 4 is 43.1 Å². The zero-order chi connectivity index (χ0) is 58.6. The highest BCUT2D eigenvalue weighted by Crippen LogP contribution is 2.47. The van der Waals surface area contributed by atoms with Crippen LogP contribution in [0.1, 0.15) is 0 Å². The first-order chi connectivity index (χ1) is 43.7. The van der Waals surface area contributed by atoms with Crippen LogP contribution in [0.5, 0.6) is 0 Å². The van der Waals surface area contributed by atoms with Crippen molar-refractivity contribution < 1.29 is 0 Å². The molecule has 0 radical (unpaired) electrons. The van der Waals surface area contributed by atoms with E-state index in [4.69, 9.17) is 19.9 Å². The van der Waals surface area contributed by atoms with Crippen LogP contribution in [0.15, 0.2) is 317 Å². The van der Waals surface area contributed by atoms with Crippen molar-refractivity contribution in [3.8, 4) is 112 Å². The van der Waals surface area contributed by atoms with Crippen LogP contribution in [-0.2, 0) is 0 Å². The summed E-state index contributed by atoms with van der Waals surface area (Å²) < 4.78 is 0. The number of nitrogens with zero attached hydrogens (tertiary/aromatic N) is 8. The van der Waals surface area contributed by atoms with Gasteiger partial charge < -0.3 is 0 Å². The van der Waals surface area contributed by atoms with Crippen molar-refractivity contribution in [3.05, 3.63) is 317 Å². The fourth-order valence-electron chi connectivity index (χ4n) is 12.2. The largest absolute Gasteiger partial charge is 0.265 e. The number of benzene rings is 8. The maximum Gasteiger partial charge on any atom is 0.0714 e. The average Bonchev–Trinajstić information content (AvgIpc) is 1.31. The standard InChI is InChI=1S/2C40H26N4/c1-2-6-27(7-3-1)30-10-13-35-36(24-30)40(38-15-12-32(26-44-38)29-18-22-42-23-19-29)34-9-5-4-8-33(34)39(35)37-14-11-31(25-43-37)28-16-20-41-21-17-28;1-2-6-27(7-3-1)30-10-11-37-38(22-30)40(34-21-32(24-44-26-34)29-14-18-42-19-15-29)36-9-5-4-8-35(36)39(37)33-20-31(23-43-25-33)28-12-16-41-17-13-28/h2*1-26H. The molecule has 0 spiro atoms. The van der Waals surface area contributed by atoms with Gasteiger partial charge in [-0.25, -0.2) is 0 Å². The van der Waals surface area contributed by atoms with Crippen LogP contribution in [0.2, 0.25) is 0 Å². The molecule has 0 aliphatic carbocycles. The Morgan fingerprint density at radius 3 is 0.852 bits per heavy atom. The summed E-state index contributed by atoms with van der Waals surface area (Å²) in [6, 6.07) is 81.1. The quantitative estimate of drug-likeness (QED) is 0.125. The molecule has 8 aromatic heterocycles. The molecule has 16 rings (SSSR count). The molecule has 0 saturated carbocycles. The summed E-state index contributed by atoms with van der Waals surface area (Å²) >= 11 is 0. The van der Waals surface area contributed by atoms with Crippen LogP contribution in [0.3, 0.4) is 0 Å². The second kappa shape index (κ2) is 23.6. The average molecular weight is 1130 g/mol. The lowest BCUT2D eigenvalue weighted by Crippen LogP contribution is -1.94. The molecule has 8 nitrogen and oxygen atoms in total. The van der Waals surface area contributed by atoms with Crippen molar-refractivity contribution in [2.75, 3.05) is 0 Å².